The third-order valence-corrected chi connectivity index (χ3v) is 5.50. The molecule has 2 amide bonds. The number of rotatable bonds is 5. The maximum Gasteiger partial charge on any atom is 0.315 e. The predicted octanol–water partition coefficient (Wildman–Crippen LogP) is 3.15. The zero-order chi connectivity index (χ0) is 15.9. The van der Waals surface area contributed by atoms with E-state index in [-0.39, 0.29) is 18.0 Å². The molecule has 2 unspecified atom stereocenters. The van der Waals surface area contributed by atoms with Gasteiger partial charge in [0, 0.05) is 12.6 Å². The van der Waals surface area contributed by atoms with E-state index in [4.69, 9.17) is 5.11 Å². The van der Waals surface area contributed by atoms with Crippen LogP contribution in [0.1, 0.15) is 64.7 Å². The quantitative estimate of drug-likeness (QED) is 0.730. The summed E-state index contributed by atoms with van der Waals surface area (Å²) in [5, 5.41) is 14.9. The normalized spacial score (nSPS) is 32.2. The molecule has 0 saturated heterocycles. The van der Waals surface area contributed by atoms with Gasteiger partial charge in [0.15, 0.2) is 0 Å². The Kier molecular flexibility index (Phi) is 6.52. The van der Waals surface area contributed by atoms with Crippen molar-refractivity contribution in [1.82, 2.24) is 10.6 Å². The van der Waals surface area contributed by atoms with Crippen LogP contribution in [-0.2, 0) is 4.79 Å². The molecular weight excluding hydrogens is 280 g/mol. The Morgan fingerprint density at radius 3 is 2.36 bits per heavy atom. The third kappa shape index (κ3) is 5.18. The summed E-state index contributed by atoms with van der Waals surface area (Å²) < 4.78 is 0. The lowest BCUT2D eigenvalue weighted by molar-refractivity contribution is -0.142. The number of urea groups is 1. The molecule has 2 aliphatic rings. The zero-order valence-corrected chi connectivity index (χ0v) is 13.6. The number of carboxylic acid groups (broad SMARTS) is 1. The minimum absolute atomic E-state index is 0.0952. The molecule has 0 heterocycles. The molecule has 2 atom stereocenters. The fourth-order valence-electron chi connectivity index (χ4n) is 3.91. The zero-order valence-electron chi connectivity index (χ0n) is 13.6. The first kappa shape index (κ1) is 17.1. The van der Waals surface area contributed by atoms with Crippen LogP contribution in [0.15, 0.2) is 0 Å². The first-order chi connectivity index (χ1) is 10.6. The maximum absolute atomic E-state index is 11.9. The van der Waals surface area contributed by atoms with E-state index in [9.17, 15) is 9.59 Å². The summed E-state index contributed by atoms with van der Waals surface area (Å²) in [4.78, 5) is 22.8. The SMILES string of the molecule is CC1CCCCC1CCNC(=O)NC1CCC(C(=O)O)CC1. The molecule has 2 fully saturated rings. The number of nitrogens with one attached hydrogen (secondary N) is 2. The number of carboxylic acids is 1. The fourth-order valence-corrected chi connectivity index (χ4v) is 3.91. The summed E-state index contributed by atoms with van der Waals surface area (Å²) >= 11 is 0. The Morgan fingerprint density at radius 2 is 1.73 bits per heavy atom. The molecule has 126 valence electrons. The second-order valence-corrected chi connectivity index (χ2v) is 7.10. The topological polar surface area (TPSA) is 78.4 Å². The molecule has 22 heavy (non-hydrogen) atoms. The average molecular weight is 310 g/mol. The van der Waals surface area contributed by atoms with Gasteiger partial charge in [0.2, 0.25) is 0 Å². The van der Waals surface area contributed by atoms with E-state index in [2.05, 4.69) is 17.6 Å². The van der Waals surface area contributed by atoms with Crippen molar-refractivity contribution in [3.8, 4) is 0 Å². The summed E-state index contributed by atoms with van der Waals surface area (Å²) in [5.74, 6) is 0.600. The highest BCUT2D eigenvalue weighted by Gasteiger charge is 2.26. The second-order valence-electron chi connectivity index (χ2n) is 7.10. The smallest absolute Gasteiger partial charge is 0.315 e. The molecule has 0 spiro atoms. The third-order valence-electron chi connectivity index (χ3n) is 5.50. The van der Waals surface area contributed by atoms with Crippen LogP contribution in [0.4, 0.5) is 4.79 Å². The molecule has 5 heteroatoms. The van der Waals surface area contributed by atoms with Gasteiger partial charge in [-0.2, -0.15) is 0 Å². The Hall–Kier alpha value is -1.26. The number of amides is 2. The standard InChI is InChI=1S/C17H30N2O3/c1-12-4-2-3-5-13(12)10-11-18-17(22)19-15-8-6-14(7-9-15)16(20)21/h12-15H,2-11H2,1H3,(H,20,21)(H2,18,19,22). The summed E-state index contributed by atoms with van der Waals surface area (Å²) in [6.07, 6.45) is 9.24. The molecule has 2 aliphatic carbocycles. The second kappa shape index (κ2) is 8.39. The molecule has 2 saturated carbocycles. The Labute approximate surface area is 133 Å². The van der Waals surface area contributed by atoms with Crippen LogP contribution in [0.25, 0.3) is 0 Å². The minimum atomic E-state index is -0.704. The van der Waals surface area contributed by atoms with E-state index in [1.54, 1.807) is 0 Å². The summed E-state index contributed by atoms with van der Waals surface area (Å²) in [5.41, 5.74) is 0. The number of aliphatic carboxylic acids is 1. The van der Waals surface area contributed by atoms with Crippen molar-refractivity contribution in [2.75, 3.05) is 6.54 Å². The van der Waals surface area contributed by atoms with Gasteiger partial charge in [0.25, 0.3) is 0 Å². The molecule has 5 nitrogen and oxygen atoms in total. The largest absolute Gasteiger partial charge is 0.481 e. The molecule has 2 rings (SSSR count). The van der Waals surface area contributed by atoms with Crippen molar-refractivity contribution in [3.63, 3.8) is 0 Å². The summed E-state index contributed by atoms with van der Waals surface area (Å²) in [6.45, 7) is 3.07. The van der Waals surface area contributed by atoms with Crippen LogP contribution >= 0.6 is 0 Å². The van der Waals surface area contributed by atoms with Crippen LogP contribution < -0.4 is 10.6 Å². The summed E-state index contributed by atoms with van der Waals surface area (Å²) in [6, 6.07) is 0.0337. The Morgan fingerprint density at radius 1 is 1.05 bits per heavy atom. The van der Waals surface area contributed by atoms with Gasteiger partial charge >= 0.3 is 12.0 Å². The van der Waals surface area contributed by atoms with Gasteiger partial charge in [0.1, 0.15) is 0 Å². The maximum atomic E-state index is 11.9. The van der Waals surface area contributed by atoms with E-state index in [0.717, 1.165) is 37.6 Å². The van der Waals surface area contributed by atoms with Crippen LogP contribution in [0.3, 0.4) is 0 Å². The van der Waals surface area contributed by atoms with Crippen molar-refractivity contribution >= 4 is 12.0 Å². The van der Waals surface area contributed by atoms with E-state index < -0.39 is 5.97 Å². The first-order valence-electron chi connectivity index (χ1n) is 8.83. The predicted molar refractivity (Wildman–Crippen MR) is 85.7 cm³/mol. The Balaban J connectivity index is 1.59. The molecule has 0 aromatic rings. The van der Waals surface area contributed by atoms with Gasteiger partial charge in [-0.15, -0.1) is 0 Å². The van der Waals surface area contributed by atoms with Gasteiger partial charge in [-0.3, -0.25) is 4.79 Å². The van der Waals surface area contributed by atoms with Crippen molar-refractivity contribution in [3.05, 3.63) is 0 Å². The van der Waals surface area contributed by atoms with E-state index >= 15 is 0 Å². The monoisotopic (exact) mass is 310 g/mol. The van der Waals surface area contributed by atoms with Crippen molar-refractivity contribution < 1.29 is 14.7 Å². The highest BCUT2D eigenvalue weighted by molar-refractivity contribution is 5.74. The highest BCUT2D eigenvalue weighted by atomic mass is 16.4. The van der Waals surface area contributed by atoms with E-state index in [0.29, 0.717) is 12.8 Å². The van der Waals surface area contributed by atoms with E-state index in [1.165, 1.54) is 25.7 Å². The first-order valence-corrected chi connectivity index (χ1v) is 8.83. The fraction of sp³-hybridized carbons (Fsp3) is 0.882. The number of carbonyl (C=O) groups is 2. The highest BCUT2D eigenvalue weighted by Crippen LogP contribution is 2.31. The van der Waals surface area contributed by atoms with Gasteiger partial charge in [-0.05, 0) is 43.9 Å². The molecule has 0 aromatic carbocycles. The molecular formula is C17H30N2O3. The van der Waals surface area contributed by atoms with Gasteiger partial charge in [0.05, 0.1) is 5.92 Å². The number of hydrogen-bond acceptors (Lipinski definition) is 2. The van der Waals surface area contributed by atoms with Crippen LogP contribution in [0, 0.1) is 17.8 Å². The van der Waals surface area contributed by atoms with Gasteiger partial charge in [-0.1, -0.05) is 32.6 Å². The lowest BCUT2D eigenvalue weighted by atomic mass is 9.79. The van der Waals surface area contributed by atoms with Gasteiger partial charge in [-0.25, -0.2) is 4.79 Å². The summed E-state index contributed by atoms with van der Waals surface area (Å²) in [7, 11) is 0. The molecule has 0 bridgehead atoms. The van der Waals surface area contributed by atoms with Crippen molar-refractivity contribution in [2.45, 2.75) is 70.8 Å². The molecule has 0 radical (unpaired) electrons. The molecule has 0 aromatic heterocycles. The van der Waals surface area contributed by atoms with Crippen molar-refractivity contribution in [1.29, 1.82) is 0 Å². The number of hydrogen-bond donors (Lipinski definition) is 3. The molecule has 0 aliphatic heterocycles. The Bertz CT molecular complexity index is 378. The van der Waals surface area contributed by atoms with Crippen molar-refractivity contribution in [2.24, 2.45) is 17.8 Å². The van der Waals surface area contributed by atoms with E-state index in [1.807, 2.05) is 0 Å². The lowest BCUT2D eigenvalue weighted by Gasteiger charge is -2.29. The van der Waals surface area contributed by atoms with Gasteiger partial charge < -0.3 is 15.7 Å². The number of carbonyl (C=O) groups excluding carboxylic acids is 1. The van der Waals surface area contributed by atoms with Crippen LogP contribution in [0.5, 0.6) is 0 Å². The average Bonchev–Trinajstić information content (AvgIpc) is 2.50. The minimum Gasteiger partial charge on any atom is -0.481 e. The van der Waals surface area contributed by atoms with Crippen LogP contribution in [-0.4, -0.2) is 29.7 Å². The lowest BCUT2D eigenvalue weighted by Crippen LogP contribution is -2.44. The molecule has 3 N–H and O–H groups in total. The van der Waals surface area contributed by atoms with Crippen LogP contribution in [0.2, 0.25) is 0 Å².